The molecule has 0 spiro atoms. The Balaban J connectivity index is 2.06. The molecule has 4 heteroatoms. The lowest BCUT2D eigenvalue weighted by Gasteiger charge is -2.16. The first-order chi connectivity index (χ1) is 11.2. The molecule has 23 heavy (non-hydrogen) atoms. The molecule has 1 aromatic heterocycles. The van der Waals surface area contributed by atoms with E-state index in [-0.39, 0.29) is 11.5 Å². The number of fused-ring (bicyclic) bond motifs is 3. The van der Waals surface area contributed by atoms with Crippen molar-refractivity contribution in [2.45, 2.75) is 19.3 Å². The van der Waals surface area contributed by atoms with Crippen LogP contribution in [0.3, 0.4) is 0 Å². The van der Waals surface area contributed by atoms with Crippen LogP contribution in [0.25, 0.3) is 22.0 Å². The number of nitriles is 1. The molecule has 1 aliphatic heterocycles. The van der Waals surface area contributed by atoms with Gasteiger partial charge in [0.05, 0.1) is 11.1 Å². The second-order valence-electron chi connectivity index (χ2n) is 5.73. The number of benzene rings is 2. The summed E-state index contributed by atoms with van der Waals surface area (Å²) in [6, 6.07) is 14.2. The quantitative estimate of drug-likeness (QED) is 0.673. The van der Waals surface area contributed by atoms with Crippen molar-refractivity contribution >= 4 is 16.8 Å². The number of carbonyl (C=O) groups is 1. The molecule has 0 unspecified atom stereocenters. The predicted octanol–water partition coefficient (Wildman–Crippen LogP) is 4.30. The normalized spacial score (nSPS) is 13.8. The van der Waals surface area contributed by atoms with Crippen LogP contribution in [-0.4, -0.2) is 10.5 Å². The Kier molecular flexibility index (Phi) is 3.02. The Bertz CT molecular complexity index is 995. The molecule has 0 bridgehead atoms. The van der Waals surface area contributed by atoms with E-state index in [9.17, 15) is 9.18 Å². The summed E-state index contributed by atoms with van der Waals surface area (Å²) >= 11 is 0. The molecule has 0 saturated carbocycles. The van der Waals surface area contributed by atoms with E-state index in [0.29, 0.717) is 12.0 Å². The van der Waals surface area contributed by atoms with Gasteiger partial charge in [0.2, 0.25) is 5.91 Å². The molecule has 2 heterocycles. The third kappa shape index (κ3) is 1.97. The van der Waals surface area contributed by atoms with Gasteiger partial charge in [-0.1, -0.05) is 24.3 Å². The van der Waals surface area contributed by atoms with Gasteiger partial charge in [-0.25, -0.2) is 4.39 Å². The first-order valence-electron chi connectivity index (χ1n) is 7.56. The lowest BCUT2D eigenvalue weighted by molar-refractivity contribution is 0.0890. The highest BCUT2D eigenvalue weighted by Gasteiger charge is 2.25. The highest BCUT2D eigenvalue weighted by molar-refractivity contribution is 6.04. The maximum Gasteiger partial charge on any atom is 0.231 e. The fourth-order valence-electron chi connectivity index (χ4n) is 3.42. The van der Waals surface area contributed by atoms with Gasteiger partial charge >= 0.3 is 0 Å². The van der Waals surface area contributed by atoms with Crippen LogP contribution in [0, 0.1) is 17.1 Å². The first kappa shape index (κ1) is 13.7. The molecule has 3 nitrogen and oxygen atoms in total. The third-order valence-corrected chi connectivity index (χ3v) is 4.40. The third-order valence-electron chi connectivity index (χ3n) is 4.40. The smallest absolute Gasteiger partial charge is 0.231 e. The highest BCUT2D eigenvalue weighted by Crippen LogP contribution is 2.38. The second-order valence-corrected chi connectivity index (χ2v) is 5.73. The summed E-state index contributed by atoms with van der Waals surface area (Å²) < 4.78 is 15.8. The second kappa shape index (κ2) is 5.06. The van der Waals surface area contributed by atoms with Crippen LogP contribution in [0.15, 0.2) is 42.5 Å². The molecule has 1 aliphatic rings. The van der Waals surface area contributed by atoms with E-state index in [2.05, 4.69) is 0 Å². The zero-order valence-corrected chi connectivity index (χ0v) is 12.3. The van der Waals surface area contributed by atoms with E-state index >= 15 is 0 Å². The highest BCUT2D eigenvalue weighted by atomic mass is 19.1. The number of hydrogen-bond acceptors (Lipinski definition) is 2. The van der Waals surface area contributed by atoms with E-state index in [1.54, 1.807) is 10.6 Å². The lowest BCUT2D eigenvalue weighted by Crippen LogP contribution is -2.18. The summed E-state index contributed by atoms with van der Waals surface area (Å²) in [6.07, 6.45) is 2.13. The van der Waals surface area contributed by atoms with Crippen molar-refractivity contribution < 1.29 is 9.18 Å². The van der Waals surface area contributed by atoms with Crippen LogP contribution in [-0.2, 0) is 6.42 Å². The van der Waals surface area contributed by atoms with E-state index in [1.165, 1.54) is 12.1 Å². The SMILES string of the molecule is N#Cc1ccc(-c2c3n(c4ccccc24)C(=O)CCC3)cc1F. The minimum Gasteiger partial charge on any atom is -0.284 e. The summed E-state index contributed by atoms with van der Waals surface area (Å²) in [7, 11) is 0. The van der Waals surface area contributed by atoms with Crippen LogP contribution in [0.4, 0.5) is 4.39 Å². The summed E-state index contributed by atoms with van der Waals surface area (Å²) in [5.74, 6) is -0.445. The number of hydrogen-bond donors (Lipinski definition) is 0. The summed E-state index contributed by atoms with van der Waals surface area (Å²) in [4.78, 5) is 12.4. The number of nitrogens with zero attached hydrogens (tertiary/aromatic N) is 2. The minimum absolute atomic E-state index is 0.0298. The van der Waals surface area contributed by atoms with Gasteiger partial charge in [-0.2, -0.15) is 5.26 Å². The van der Waals surface area contributed by atoms with Crippen molar-refractivity contribution in [1.29, 1.82) is 5.26 Å². The van der Waals surface area contributed by atoms with Crippen molar-refractivity contribution in [2.24, 2.45) is 0 Å². The molecular formula is C19H13FN2O. The molecule has 0 radical (unpaired) electrons. The van der Waals surface area contributed by atoms with Crippen molar-refractivity contribution in [1.82, 2.24) is 4.57 Å². The summed E-state index contributed by atoms with van der Waals surface area (Å²) in [5.41, 5.74) is 3.44. The van der Waals surface area contributed by atoms with Crippen molar-refractivity contribution in [2.75, 3.05) is 0 Å². The minimum atomic E-state index is -0.531. The van der Waals surface area contributed by atoms with Crippen molar-refractivity contribution in [3.05, 3.63) is 59.5 Å². The van der Waals surface area contributed by atoms with Gasteiger partial charge in [0.25, 0.3) is 0 Å². The molecule has 0 fully saturated rings. The van der Waals surface area contributed by atoms with Crippen LogP contribution < -0.4 is 0 Å². The van der Waals surface area contributed by atoms with E-state index in [4.69, 9.17) is 5.26 Å². The maximum atomic E-state index is 14.1. The molecular weight excluding hydrogens is 291 g/mol. The van der Waals surface area contributed by atoms with Crippen LogP contribution >= 0.6 is 0 Å². The molecule has 0 aliphatic carbocycles. The Morgan fingerprint density at radius 1 is 1.13 bits per heavy atom. The first-order valence-corrected chi connectivity index (χ1v) is 7.56. The van der Waals surface area contributed by atoms with E-state index in [1.807, 2.05) is 30.3 Å². The monoisotopic (exact) mass is 304 g/mol. The molecule has 0 atom stereocenters. The largest absolute Gasteiger partial charge is 0.284 e. The van der Waals surface area contributed by atoms with Crippen molar-refractivity contribution in [3.8, 4) is 17.2 Å². The van der Waals surface area contributed by atoms with Crippen LogP contribution in [0.2, 0.25) is 0 Å². The average Bonchev–Trinajstić information content (AvgIpc) is 2.90. The topological polar surface area (TPSA) is 45.8 Å². The van der Waals surface area contributed by atoms with Gasteiger partial charge in [0.15, 0.2) is 0 Å². The number of halogens is 1. The maximum absolute atomic E-state index is 14.1. The molecule has 0 amide bonds. The zero-order chi connectivity index (χ0) is 16.0. The summed E-state index contributed by atoms with van der Waals surface area (Å²) in [5, 5.41) is 9.85. The Morgan fingerprint density at radius 3 is 2.74 bits per heavy atom. The molecule has 0 N–H and O–H groups in total. The molecule has 0 saturated heterocycles. The Hall–Kier alpha value is -2.93. The fourth-order valence-corrected chi connectivity index (χ4v) is 3.42. The van der Waals surface area contributed by atoms with Gasteiger partial charge in [-0.15, -0.1) is 0 Å². The van der Waals surface area contributed by atoms with Gasteiger partial charge in [-0.3, -0.25) is 9.36 Å². The van der Waals surface area contributed by atoms with Crippen molar-refractivity contribution in [3.63, 3.8) is 0 Å². The number of para-hydroxylation sites is 1. The molecule has 112 valence electrons. The number of aromatic nitrogens is 1. The average molecular weight is 304 g/mol. The van der Waals surface area contributed by atoms with Gasteiger partial charge < -0.3 is 0 Å². The molecule has 3 aromatic rings. The van der Waals surface area contributed by atoms with Gasteiger partial charge in [0, 0.05) is 23.1 Å². The van der Waals surface area contributed by atoms with Gasteiger partial charge in [-0.05, 0) is 36.6 Å². The van der Waals surface area contributed by atoms with Gasteiger partial charge in [0.1, 0.15) is 11.9 Å². The van der Waals surface area contributed by atoms with Crippen LogP contribution in [0.5, 0.6) is 0 Å². The molecule has 4 rings (SSSR count). The zero-order valence-electron chi connectivity index (χ0n) is 12.3. The predicted molar refractivity (Wildman–Crippen MR) is 85.6 cm³/mol. The Morgan fingerprint density at radius 2 is 1.96 bits per heavy atom. The van der Waals surface area contributed by atoms with E-state index in [0.717, 1.165) is 35.0 Å². The number of carbonyl (C=O) groups excluding carboxylic acids is 1. The molecule has 2 aromatic carbocycles. The lowest BCUT2D eigenvalue weighted by atomic mass is 9.97. The van der Waals surface area contributed by atoms with E-state index < -0.39 is 5.82 Å². The van der Waals surface area contributed by atoms with Crippen LogP contribution in [0.1, 0.15) is 28.9 Å². The summed E-state index contributed by atoms with van der Waals surface area (Å²) in [6.45, 7) is 0. The Labute approximate surface area is 132 Å². The fraction of sp³-hybridized carbons (Fsp3) is 0.158. The number of rotatable bonds is 1. The standard InChI is InChI=1S/C19H13FN2O/c20-15-10-12(8-9-13(15)11-21)19-14-4-1-2-5-16(14)22-17(19)6-3-7-18(22)23/h1-2,4-5,8-10H,3,6-7H2.